The molecule has 0 saturated heterocycles. The van der Waals surface area contributed by atoms with E-state index < -0.39 is 0 Å². The maximum atomic E-state index is 13.1. The second-order valence-corrected chi connectivity index (χ2v) is 9.66. The van der Waals surface area contributed by atoms with Gasteiger partial charge in [0.05, 0.1) is 16.4 Å². The van der Waals surface area contributed by atoms with Crippen molar-refractivity contribution < 1.29 is 4.79 Å². The normalized spacial score (nSPS) is 11.6. The Bertz CT molecular complexity index is 1300. The van der Waals surface area contributed by atoms with Crippen molar-refractivity contribution in [3.63, 3.8) is 0 Å². The van der Waals surface area contributed by atoms with Crippen molar-refractivity contribution in [1.82, 2.24) is 4.98 Å². The highest BCUT2D eigenvalue weighted by Gasteiger charge is 2.17. The predicted octanol–water partition coefficient (Wildman–Crippen LogP) is 7.56. The third-order valence-corrected chi connectivity index (χ3v) is 6.59. The van der Waals surface area contributed by atoms with E-state index in [4.69, 9.17) is 11.6 Å². The number of hydrogen-bond donors (Lipinski definition) is 0. The van der Waals surface area contributed by atoms with Crippen molar-refractivity contribution in [2.45, 2.75) is 0 Å². The number of fused-ring (bicyclic) bond motifs is 1. The zero-order valence-corrected chi connectivity index (χ0v) is 20.6. The van der Waals surface area contributed by atoms with Crippen molar-refractivity contribution in [1.29, 1.82) is 0 Å². The summed E-state index contributed by atoms with van der Waals surface area (Å²) in [7, 11) is 0. The van der Waals surface area contributed by atoms with Gasteiger partial charge in [0.15, 0.2) is 0 Å². The van der Waals surface area contributed by atoms with Gasteiger partial charge in [-0.2, -0.15) is 10.1 Å². The summed E-state index contributed by atoms with van der Waals surface area (Å²) in [4.78, 5) is 17.7. The predicted molar refractivity (Wildman–Crippen MR) is 137 cm³/mol. The van der Waals surface area contributed by atoms with Gasteiger partial charge < -0.3 is 0 Å². The standard InChI is InChI=1S/C23H14Br2ClN3OS/c24-17-8-5-15(6-9-17)14-27-29(22(30)12-7-16-3-1-2-4-19(16)26)23-28-20-11-10-18(25)13-21(20)31-23/h1-14H/b12-7+,27-14+. The largest absolute Gasteiger partial charge is 0.273 e. The molecule has 0 fully saturated rings. The Labute approximate surface area is 205 Å². The van der Waals surface area contributed by atoms with Crippen molar-refractivity contribution >= 4 is 88.3 Å². The summed E-state index contributed by atoms with van der Waals surface area (Å²) in [5.41, 5.74) is 2.41. The summed E-state index contributed by atoms with van der Waals surface area (Å²) >= 11 is 14.5. The molecule has 0 saturated carbocycles. The first kappa shape index (κ1) is 21.9. The van der Waals surface area contributed by atoms with Crippen LogP contribution in [0.1, 0.15) is 11.1 Å². The molecule has 0 spiro atoms. The van der Waals surface area contributed by atoms with Gasteiger partial charge in [0.25, 0.3) is 5.91 Å². The fourth-order valence-corrected chi connectivity index (χ4v) is 4.64. The molecule has 0 bridgehead atoms. The number of anilines is 1. The number of carbonyl (C=O) groups is 1. The van der Waals surface area contributed by atoms with Crippen LogP contribution in [0.2, 0.25) is 5.02 Å². The van der Waals surface area contributed by atoms with E-state index in [-0.39, 0.29) is 5.91 Å². The number of carbonyl (C=O) groups excluding carboxylic acids is 1. The summed E-state index contributed by atoms with van der Waals surface area (Å²) in [6.45, 7) is 0. The van der Waals surface area contributed by atoms with E-state index in [0.29, 0.717) is 10.2 Å². The highest BCUT2D eigenvalue weighted by atomic mass is 79.9. The Morgan fingerprint density at radius 3 is 2.55 bits per heavy atom. The zero-order chi connectivity index (χ0) is 21.8. The molecule has 154 valence electrons. The van der Waals surface area contributed by atoms with Crippen molar-refractivity contribution in [2.75, 3.05) is 5.01 Å². The van der Waals surface area contributed by atoms with Crippen LogP contribution < -0.4 is 5.01 Å². The van der Waals surface area contributed by atoms with Gasteiger partial charge >= 0.3 is 0 Å². The van der Waals surface area contributed by atoms with Crippen LogP contribution in [-0.4, -0.2) is 17.1 Å². The van der Waals surface area contributed by atoms with Gasteiger partial charge in [-0.05, 0) is 53.6 Å². The molecule has 4 rings (SSSR count). The Hall–Kier alpha value is -2.32. The van der Waals surface area contributed by atoms with Gasteiger partial charge in [-0.3, -0.25) is 4.79 Å². The van der Waals surface area contributed by atoms with Gasteiger partial charge in [-0.1, -0.05) is 85.1 Å². The number of thiazole rings is 1. The molecule has 1 aromatic heterocycles. The lowest BCUT2D eigenvalue weighted by atomic mass is 10.2. The van der Waals surface area contributed by atoms with Crippen LogP contribution in [0.5, 0.6) is 0 Å². The molecule has 8 heteroatoms. The molecule has 4 nitrogen and oxygen atoms in total. The van der Waals surface area contributed by atoms with E-state index in [1.165, 1.54) is 22.4 Å². The van der Waals surface area contributed by atoms with E-state index in [9.17, 15) is 4.79 Å². The Balaban J connectivity index is 1.69. The molecule has 3 aromatic carbocycles. The molecule has 0 N–H and O–H groups in total. The van der Waals surface area contributed by atoms with E-state index >= 15 is 0 Å². The molecule has 0 aliphatic carbocycles. The number of hydrazone groups is 1. The van der Waals surface area contributed by atoms with E-state index in [2.05, 4.69) is 41.9 Å². The summed E-state index contributed by atoms with van der Waals surface area (Å²) in [6, 6.07) is 20.8. The molecule has 0 aliphatic heterocycles. The molecular weight excluding hydrogens is 562 g/mol. The van der Waals surface area contributed by atoms with Crippen LogP contribution in [0, 0.1) is 0 Å². The first-order valence-electron chi connectivity index (χ1n) is 9.12. The van der Waals surface area contributed by atoms with Gasteiger partial charge in [-0.25, -0.2) is 4.98 Å². The number of nitrogens with zero attached hydrogens (tertiary/aromatic N) is 3. The van der Waals surface area contributed by atoms with E-state index in [1.807, 2.05) is 60.7 Å². The molecule has 1 heterocycles. The Morgan fingerprint density at radius 1 is 1.03 bits per heavy atom. The first-order chi connectivity index (χ1) is 15.0. The molecular formula is C23H14Br2ClN3OS. The minimum Gasteiger partial charge on any atom is -0.267 e. The lowest BCUT2D eigenvalue weighted by molar-refractivity contribution is -0.114. The number of aromatic nitrogens is 1. The Morgan fingerprint density at radius 2 is 1.77 bits per heavy atom. The maximum absolute atomic E-state index is 13.1. The maximum Gasteiger partial charge on any atom is 0.273 e. The molecule has 0 radical (unpaired) electrons. The SMILES string of the molecule is O=C(/C=C/c1ccccc1Cl)N(/N=C/c1ccc(Br)cc1)c1nc2ccc(Br)cc2s1. The minimum absolute atomic E-state index is 0.327. The Kier molecular flexibility index (Phi) is 6.97. The third kappa shape index (κ3) is 5.49. The lowest BCUT2D eigenvalue weighted by Gasteiger charge is -2.11. The fourth-order valence-electron chi connectivity index (χ4n) is 2.69. The van der Waals surface area contributed by atoms with Crippen LogP contribution in [0.15, 0.2) is 86.9 Å². The second kappa shape index (κ2) is 9.87. The van der Waals surface area contributed by atoms with Crippen molar-refractivity contribution in [3.05, 3.63) is 97.9 Å². The van der Waals surface area contributed by atoms with Gasteiger partial charge in [-0.15, -0.1) is 0 Å². The van der Waals surface area contributed by atoms with E-state index in [1.54, 1.807) is 18.4 Å². The molecule has 4 aromatic rings. The monoisotopic (exact) mass is 573 g/mol. The minimum atomic E-state index is -0.327. The summed E-state index contributed by atoms with van der Waals surface area (Å²) < 4.78 is 2.87. The first-order valence-corrected chi connectivity index (χ1v) is 11.9. The summed E-state index contributed by atoms with van der Waals surface area (Å²) in [6.07, 6.45) is 4.76. The molecule has 31 heavy (non-hydrogen) atoms. The van der Waals surface area contributed by atoms with Crippen LogP contribution in [-0.2, 0) is 4.79 Å². The average Bonchev–Trinajstić information content (AvgIpc) is 3.17. The molecule has 0 aliphatic rings. The van der Waals surface area contributed by atoms with Crippen LogP contribution in [0.3, 0.4) is 0 Å². The van der Waals surface area contributed by atoms with Crippen LogP contribution >= 0.6 is 54.8 Å². The summed E-state index contributed by atoms with van der Waals surface area (Å²) in [5, 5.41) is 6.79. The van der Waals surface area contributed by atoms with E-state index in [0.717, 1.165) is 30.3 Å². The molecule has 0 atom stereocenters. The zero-order valence-electron chi connectivity index (χ0n) is 15.9. The van der Waals surface area contributed by atoms with Crippen molar-refractivity contribution in [2.24, 2.45) is 5.10 Å². The highest BCUT2D eigenvalue weighted by molar-refractivity contribution is 9.10. The number of rotatable bonds is 5. The molecule has 1 amide bonds. The van der Waals surface area contributed by atoms with Gasteiger partial charge in [0.1, 0.15) is 0 Å². The van der Waals surface area contributed by atoms with Crippen LogP contribution in [0.4, 0.5) is 5.13 Å². The molecule has 0 unspecified atom stereocenters. The number of amides is 1. The number of hydrogen-bond acceptors (Lipinski definition) is 4. The smallest absolute Gasteiger partial charge is 0.267 e. The summed E-state index contributed by atoms with van der Waals surface area (Å²) in [5.74, 6) is -0.327. The average molecular weight is 576 g/mol. The van der Waals surface area contributed by atoms with Gasteiger partial charge in [0, 0.05) is 20.0 Å². The fraction of sp³-hybridized carbons (Fsp3) is 0. The quantitative estimate of drug-likeness (QED) is 0.140. The second-order valence-electron chi connectivity index (χ2n) is 6.41. The topological polar surface area (TPSA) is 45.6 Å². The third-order valence-electron chi connectivity index (χ3n) is 4.23. The highest BCUT2D eigenvalue weighted by Crippen LogP contribution is 2.31. The number of benzene rings is 3. The van der Waals surface area contributed by atoms with Gasteiger partial charge in [0.2, 0.25) is 5.13 Å². The number of halogens is 3. The lowest BCUT2D eigenvalue weighted by Crippen LogP contribution is -2.23. The van der Waals surface area contributed by atoms with Crippen molar-refractivity contribution in [3.8, 4) is 0 Å². The van der Waals surface area contributed by atoms with Crippen LogP contribution in [0.25, 0.3) is 16.3 Å².